The Hall–Kier alpha value is -1.61. The van der Waals surface area contributed by atoms with Crippen LogP contribution in [0.25, 0.3) is 0 Å². The molecule has 24 heavy (non-hydrogen) atoms. The molecule has 134 valence electrons. The molecular formula is C18H29N3O3. The van der Waals surface area contributed by atoms with E-state index in [0.29, 0.717) is 32.5 Å². The maximum atomic E-state index is 12.5. The quantitative estimate of drug-likeness (QED) is 0.771. The van der Waals surface area contributed by atoms with Crippen molar-refractivity contribution >= 4 is 11.8 Å². The second-order valence-electron chi connectivity index (χ2n) is 7.39. The summed E-state index contributed by atoms with van der Waals surface area (Å²) in [6.45, 7) is 7.40. The van der Waals surface area contributed by atoms with Crippen molar-refractivity contribution in [2.75, 3.05) is 19.7 Å². The van der Waals surface area contributed by atoms with E-state index in [1.54, 1.807) is 4.90 Å². The van der Waals surface area contributed by atoms with Crippen LogP contribution in [0.2, 0.25) is 0 Å². The van der Waals surface area contributed by atoms with Crippen molar-refractivity contribution in [3.8, 4) is 6.07 Å². The minimum atomic E-state index is -0.443. The number of ether oxygens (including phenoxy) is 1. The van der Waals surface area contributed by atoms with Gasteiger partial charge >= 0.3 is 0 Å². The number of nitrogens with zero attached hydrogens (tertiary/aromatic N) is 2. The maximum Gasteiger partial charge on any atom is 0.249 e. The van der Waals surface area contributed by atoms with Gasteiger partial charge in [0, 0.05) is 26.1 Å². The minimum absolute atomic E-state index is 0.0334. The van der Waals surface area contributed by atoms with Crippen LogP contribution in [0.5, 0.6) is 0 Å². The zero-order chi connectivity index (χ0) is 17.8. The lowest BCUT2D eigenvalue weighted by atomic mass is 9.67. The van der Waals surface area contributed by atoms with Crippen LogP contribution in [0.4, 0.5) is 0 Å². The average molecular weight is 335 g/mol. The molecule has 1 heterocycles. The van der Waals surface area contributed by atoms with Crippen LogP contribution in [0.3, 0.4) is 0 Å². The summed E-state index contributed by atoms with van der Waals surface area (Å²) in [7, 11) is 0. The van der Waals surface area contributed by atoms with Crippen molar-refractivity contribution in [1.82, 2.24) is 10.2 Å². The molecule has 1 aliphatic carbocycles. The summed E-state index contributed by atoms with van der Waals surface area (Å²) in [5, 5.41) is 12.4. The van der Waals surface area contributed by atoms with E-state index in [9.17, 15) is 14.9 Å². The Balaban J connectivity index is 1.90. The molecule has 0 aromatic carbocycles. The minimum Gasteiger partial charge on any atom is -0.369 e. The third kappa shape index (κ3) is 4.07. The molecule has 1 saturated carbocycles. The van der Waals surface area contributed by atoms with Crippen LogP contribution in [-0.4, -0.2) is 48.1 Å². The van der Waals surface area contributed by atoms with E-state index >= 15 is 0 Å². The molecule has 6 heteroatoms. The predicted octanol–water partition coefficient (Wildman–Crippen LogP) is 1.99. The molecule has 0 aromatic heterocycles. The summed E-state index contributed by atoms with van der Waals surface area (Å²) < 4.78 is 5.46. The Morgan fingerprint density at radius 2 is 2.04 bits per heavy atom. The van der Waals surface area contributed by atoms with Gasteiger partial charge in [0.25, 0.3) is 0 Å². The van der Waals surface area contributed by atoms with Crippen molar-refractivity contribution in [3.63, 3.8) is 0 Å². The van der Waals surface area contributed by atoms with Crippen LogP contribution in [-0.2, 0) is 14.3 Å². The smallest absolute Gasteiger partial charge is 0.249 e. The second kappa shape index (κ2) is 7.52. The Morgan fingerprint density at radius 1 is 1.33 bits per heavy atom. The third-order valence-electron chi connectivity index (χ3n) is 5.32. The van der Waals surface area contributed by atoms with E-state index in [1.165, 1.54) is 0 Å². The first-order chi connectivity index (χ1) is 11.4. The fourth-order valence-electron chi connectivity index (χ4n) is 3.57. The van der Waals surface area contributed by atoms with Crippen LogP contribution in [0.1, 0.15) is 59.3 Å². The Bertz CT molecular complexity index is 524. The third-order valence-corrected chi connectivity index (χ3v) is 5.32. The highest BCUT2D eigenvalue weighted by molar-refractivity contribution is 5.82. The summed E-state index contributed by atoms with van der Waals surface area (Å²) in [4.78, 5) is 26.7. The van der Waals surface area contributed by atoms with Gasteiger partial charge < -0.3 is 15.0 Å². The van der Waals surface area contributed by atoms with Gasteiger partial charge in [0.1, 0.15) is 6.10 Å². The number of carbonyl (C=O) groups excluding carboxylic acids is 2. The number of hydrogen-bond acceptors (Lipinski definition) is 4. The summed E-state index contributed by atoms with van der Waals surface area (Å²) in [5.74, 6) is -0.0743. The number of nitrogens with one attached hydrogen (secondary N) is 1. The van der Waals surface area contributed by atoms with E-state index in [1.807, 2.05) is 20.8 Å². The highest BCUT2D eigenvalue weighted by Crippen LogP contribution is 2.43. The average Bonchev–Trinajstić information content (AvgIpc) is 2.90. The van der Waals surface area contributed by atoms with Crippen LogP contribution in [0.15, 0.2) is 0 Å². The van der Waals surface area contributed by atoms with Gasteiger partial charge in [0.15, 0.2) is 0 Å². The molecule has 0 spiro atoms. The van der Waals surface area contributed by atoms with Gasteiger partial charge in [-0.15, -0.1) is 0 Å². The van der Waals surface area contributed by atoms with Crippen molar-refractivity contribution in [3.05, 3.63) is 0 Å². The molecule has 2 rings (SSSR count). The highest BCUT2D eigenvalue weighted by Gasteiger charge is 2.43. The maximum absolute atomic E-state index is 12.5. The number of amides is 2. The predicted molar refractivity (Wildman–Crippen MR) is 90.0 cm³/mol. The first-order valence-electron chi connectivity index (χ1n) is 8.99. The van der Waals surface area contributed by atoms with Gasteiger partial charge in [-0.05, 0) is 39.5 Å². The van der Waals surface area contributed by atoms with Crippen LogP contribution in [0, 0.1) is 16.7 Å². The van der Waals surface area contributed by atoms with Gasteiger partial charge in [-0.3, -0.25) is 9.59 Å². The molecule has 0 bridgehead atoms. The van der Waals surface area contributed by atoms with Gasteiger partial charge in [-0.1, -0.05) is 13.3 Å². The fourth-order valence-corrected chi connectivity index (χ4v) is 3.57. The molecule has 6 nitrogen and oxygen atoms in total. The van der Waals surface area contributed by atoms with Crippen LogP contribution < -0.4 is 5.32 Å². The van der Waals surface area contributed by atoms with Crippen molar-refractivity contribution in [2.24, 2.45) is 5.41 Å². The highest BCUT2D eigenvalue weighted by atomic mass is 16.5. The number of hydrogen-bond donors (Lipinski definition) is 1. The Kier molecular flexibility index (Phi) is 5.87. The first kappa shape index (κ1) is 18.7. The number of rotatable bonds is 7. The van der Waals surface area contributed by atoms with E-state index in [-0.39, 0.29) is 11.8 Å². The van der Waals surface area contributed by atoms with Crippen molar-refractivity contribution in [1.29, 1.82) is 5.26 Å². The van der Waals surface area contributed by atoms with E-state index < -0.39 is 17.1 Å². The molecule has 1 aliphatic heterocycles. The topological polar surface area (TPSA) is 82.4 Å². The van der Waals surface area contributed by atoms with Gasteiger partial charge in [-0.2, -0.15) is 5.26 Å². The lowest BCUT2D eigenvalue weighted by Gasteiger charge is -2.36. The molecule has 2 atom stereocenters. The summed E-state index contributed by atoms with van der Waals surface area (Å²) in [6.07, 6.45) is 3.91. The Labute approximate surface area is 144 Å². The fraction of sp³-hybridized carbons (Fsp3) is 0.833. The molecule has 2 unspecified atom stereocenters. The molecule has 0 radical (unpaired) electrons. The molecule has 1 N–H and O–H groups in total. The zero-order valence-electron chi connectivity index (χ0n) is 15.1. The molecule has 2 fully saturated rings. The summed E-state index contributed by atoms with van der Waals surface area (Å²) >= 11 is 0. The molecule has 2 aliphatic rings. The molecule has 2 amide bonds. The van der Waals surface area contributed by atoms with Crippen LogP contribution >= 0.6 is 0 Å². The molecular weight excluding hydrogens is 306 g/mol. The number of nitriles is 1. The Morgan fingerprint density at radius 3 is 2.54 bits per heavy atom. The standard InChI is InChI=1S/C18H29N3O3/c1-4-14(24-5-2)16(23)20-17(3)9-10-21(13-17)15(22)11-18(12-19)7-6-8-18/h14H,4-11,13H2,1-3H3,(H,20,23). The monoisotopic (exact) mass is 335 g/mol. The number of likely N-dealkylation sites (tertiary alicyclic amines) is 1. The van der Waals surface area contributed by atoms with E-state index in [4.69, 9.17) is 4.74 Å². The van der Waals surface area contributed by atoms with Gasteiger partial charge in [0.05, 0.1) is 17.0 Å². The van der Waals surface area contributed by atoms with Crippen molar-refractivity contribution in [2.45, 2.75) is 70.9 Å². The SMILES string of the molecule is CCOC(CC)C(=O)NC1(C)CCN(C(=O)CC2(C#N)CCC2)C1. The molecule has 1 saturated heterocycles. The van der Waals surface area contributed by atoms with E-state index in [0.717, 1.165) is 25.7 Å². The van der Waals surface area contributed by atoms with E-state index in [2.05, 4.69) is 11.4 Å². The van der Waals surface area contributed by atoms with Gasteiger partial charge in [-0.25, -0.2) is 0 Å². The summed E-state index contributed by atoms with van der Waals surface area (Å²) in [5.41, 5.74) is -0.863. The van der Waals surface area contributed by atoms with Gasteiger partial charge in [0.2, 0.25) is 11.8 Å². The lowest BCUT2D eigenvalue weighted by molar-refractivity contribution is -0.136. The summed E-state index contributed by atoms with van der Waals surface area (Å²) in [6, 6.07) is 2.33. The molecule has 0 aromatic rings. The first-order valence-corrected chi connectivity index (χ1v) is 8.99. The number of carbonyl (C=O) groups is 2. The second-order valence-corrected chi connectivity index (χ2v) is 7.39. The van der Waals surface area contributed by atoms with Crippen molar-refractivity contribution < 1.29 is 14.3 Å². The zero-order valence-corrected chi connectivity index (χ0v) is 15.1. The normalized spacial score (nSPS) is 26.3. The largest absolute Gasteiger partial charge is 0.369 e. The lowest BCUT2D eigenvalue weighted by Crippen LogP contribution is -2.52.